The lowest BCUT2D eigenvalue weighted by Gasteiger charge is -2.11. The predicted octanol–water partition coefficient (Wildman–Crippen LogP) is 7.31. The Kier molecular flexibility index (Phi) is 11.2. The van der Waals surface area contributed by atoms with Gasteiger partial charge >= 0.3 is 5.51 Å². The molecular formula is C21H30F3NOS. The largest absolute Gasteiger partial charge is 0.484 e. The number of hydrogen-bond acceptors (Lipinski definition) is 2. The Bertz CT molecular complexity index is 696. The lowest BCUT2D eigenvalue weighted by atomic mass is 10.1. The van der Waals surface area contributed by atoms with Crippen molar-refractivity contribution in [2.75, 3.05) is 0 Å². The molecule has 0 saturated carbocycles. The maximum atomic E-state index is 13.2. The first kappa shape index (κ1) is 23.6. The smallest absolute Gasteiger partial charge is 0.235 e. The van der Waals surface area contributed by atoms with Crippen LogP contribution in [0.1, 0.15) is 77.6 Å². The zero-order chi connectivity index (χ0) is 20.0. The van der Waals surface area contributed by atoms with Crippen molar-refractivity contribution in [1.29, 1.82) is 0 Å². The Balaban J connectivity index is 2.38. The van der Waals surface area contributed by atoms with Crippen molar-refractivity contribution in [1.82, 2.24) is 0 Å². The summed E-state index contributed by atoms with van der Waals surface area (Å²) in [5.74, 6) is 2.61. The van der Waals surface area contributed by atoms with Gasteiger partial charge < -0.3 is 0 Å². The highest BCUT2D eigenvalue weighted by Gasteiger charge is 2.44. The SMILES string of the molecule is CCCCCCCCCCCCC#CN=S(=O)(c1ccccc1)C(F)(F)F. The molecule has 0 spiro atoms. The molecule has 0 fully saturated rings. The Labute approximate surface area is 162 Å². The van der Waals surface area contributed by atoms with E-state index in [0.717, 1.165) is 19.3 Å². The van der Waals surface area contributed by atoms with E-state index in [1.54, 1.807) is 6.07 Å². The van der Waals surface area contributed by atoms with E-state index in [-0.39, 0.29) is 4.90 Å². The topological polar surface area (TPSA) is 29.4 Å². The van der Waals surface area contributed by atoms with E-state index in [1.165, 1.54) is 69.2 Å². The van der Waals surface area contributed by atoms with Gasteiger partial charge in [-0.05, 0) is 18.6 Å². The second-order valence-corrected chi connectivity index (χ2v) is 8.77. The van der Waals surface area contributed by atoms with E-state index in [0.29, 0.717) is 6.42 Å². The summed E-state index contributed by atoms with van der Waals surface area (Å²) in [7, 11) is -4.55. The van der Waals surface area contributed by atoms with Crippen LogP contribution in [0.5, 0.6) is 0 Å². The Morgan fingerprint density at radius 3 is 1.93 bits per heavy atom. The van der Waals surface area contributed by atoms with E-state index < -0.39 is 15.2 Å². The molecule has 1 unspecified atom stereocenters. The molecule has 0 heterocycles. The molecule has 0 aliphatic rings. The normalized spacial score (nSPS) is 13.5. The summed E-state index contributed by atoms with van der Waals surface area (Å²) in [4.78, 5) is -0.356. The van der Waals surface area contributed by atoms with Crippen LogP contribution in [0.25, 0.3) is 0 Å². The predicted molar refractivity (Wildman–Crippen MR) is 106 cm³/mol. The van der Waals surface area contributed by atoms with Gasteiger partial charge in [-0.1, -0.05) is 88.8 Å². The van der Waals surface area contributed by atoms with Gasteiger partial charge in [-0.3, -0.25) is 0 Å². The summed E-state index contributed by atoms with van der Waals surface area (Å²) in [6.07, 6.45) is 12.4. The first-order chi connectivity index (χ1) is 12.9. The summed E-state index contributed by atoms with van der Waals surface area (Å²) in [6.45, 7) is 2.21. The van der Waals surface area contributed by atoms with Crippen LogP contribution in [0.3, 0.4) is 0 Å². The average Bonchev–Trinajstić information content (AvgIpc) is 2.65. The molecule has 1 rings (SSSR count). The quantitative estimate of drug-likeness (QED) is 0.282. The van der Waals surface area contributed by atoms with Crippen LogP contribution in [0, 0.1) is 12.0 Å². The third-order valence-electron chi connectivity index (χ3n) is 4.29. The number of benzene rings is 1. The van der Waals surface area contributed by atoms with Crippen LogP contribution >= 0.6 is 0 Å². The molecular weight excluding hydrogens is 371 g/mol. The number of alkyl halides is 3. The zero-order valence-corrected chi connectivity index (χ0v) is 16.9. The average molecular weight is 402 g/mol. The lowest BCUT2D eigenvalue weighted by molar-refractivity contribution is -0.0402. The van der Waals surface area contributed by atoms with E-state index in [2.05, 4.69) is 23.3 Å². The zero-order valence-electron chi connectivity index (χ0n) is 16.1. The van der Waals surface area contributed by atoms with Crippen molar-refractivity contribution in [2.24, 2.45) is 4.36 Å². The molecule has 1 atom stereocenters. The second-order valence-electron chi connectivity index (χ2n) is 6.60. The summed E-state index contributed by atoms with van der Waals surface area (Å²) in [5.41, 5.74) is -4.94. The third-order valence-corrected chi connectivity index (χ3v) is 6.17. The molecule has 0 radical (unpaired) electrons. The van der Waals surface area contributed by atoms with Crippen molar-refractivity contribution < 1.29 is 17.4 Å². The monoisotopic (exact) mass is 401 g/mol. The number of rotatable bonds is 11. The molecule has 0 amide bonds. The molecule has 0 aliphatic heterocycles. The number of nitrogens with zero attached hydrogens (tertiary/aromatic N) is 1. The Hall–Kier alpha value is -1.48. The molecule has 1 aromatic rings. The molecule has 2 nitrogen and oxygen atoms in total. The van der Waals surface area contributed by atoms with Crippen LogP contribution in [0.15, 0.2) is 39.6 Å². The van der Waals surface area contributed by atoms with Crippen LogP contribution < -0.4 is 0 Å². The number of halogens is 3. The van der Waals surface area contributed by atoms with E-state index in [1.807, 2.05) is 0 Å². The molecule has 27 heavy (non-hydrogen) atoms. The van der Waals surface area contributed by atoms with Crippen LogP contribution in [0.4, 0.5) is 13.2 Å². The molecule has 0 saturated heterocycles. The van der Waals surface area contributed by atoms with Gasteiger partial charge in [-0.2, -0.15) is 13.2 Å². The van der Waals surface area contributed by atoms with E-state index >= 15 is 0 Å². The van der Waals surface area contributed by atoms with E-state index in [4.69, 9.17) is 0 Å². The highest BCUT2D eigenvalue weighted by Crippen LogP contribution is 2.32. The second kappa shape index (κ2) is 12.8. The minimum Gasteiger partial charge on any atom is -0.235 e. The minimum absolute atomic E-state index is 0.356. The number of hydrogen-bond donors (Lipinski definition) is 0. The molecule has 0 N–H and O–H groups in total. The van der Waals surface area contributed by atoms with Crippen molar-refractivity contribution in [3.8, 4) is 12.0 Å². The molecule has 6 heteroatoms. The van der Waals surface area contributed by atoms with Gasteiger partial charge in [0.25, 0.3) is 0 Å². The van der Waals surface area contributed by atoms with Gasteiger partial charge in [0.2, 0.25) is 0 Å². The van der Waals surface area contributed by atoms with Crippen molar-refractivity contribution in [3.05, 3.63) is 30.3 Å². The fourth-order valence-corrected chi connectivity index (χ4v) is 3.89. The molecule has 0 bridgehead atoms. The maximum Gasteiger partial charge on any atom is 0.484 e. The first-order valence-electron chi connectivity index (χ1n) is 9.77. The van der Waals surface area contributed by atoms with Gasteiger partial charge in [-0.25, -0.2) is 4.21 Å². The van der Waals surface area contributed by atoms with Gasteiger partial charge in [0.05, 0.1) is 4.90 Å². The summed E-state index contributed by atoms with van der Waals surface area (Å²) < 4.78 is 55.1. The maximum absolute atomic E-state index is 13.2. The Morgan fingerprint density at radius 2 is 1.41 bits per heavy atom. The van der Waals surface area contributed by atoms with Crippen LogP contribution in [-0.4, -0.2) is 9.72 Å². The molecule has 0 aliphatic carbocycles. The van der Waals surface area contributed by atoms with Gasteiger partial charge in [0, 0.05) is 12.5 Å². The van der Waals surface area contributed by atoms with Crippen molar-refractivity contribution >= 4 is 9.73 Å². The summed E-state index contributed by atoms with van der Waals surface area (Å²) in [6, 6.07) is 8.87. The molecule has 1 aromatic carbocycles. The lowest BCUT2D eigenvalue weighted by Crippen LogP contribution is -2.22. The fraction of sp³-hybridized carbons (Fsp3) is 0.619. The third kappa shape index (κ3) is 8.83. The molecule has 0 aromatic heterocycles. The highest BCUT2D eigenvalue weighted by molar-refractivity contribution is 7.94. The van der Waals surface area contributed by atoms with Crippen molar-refractivity contribution in [2.45, 2.75) is 88.0 Å². The number of unbranched alkanes of at least 4 members (excludes halogenated alkanes) is 10. The summed E-state index contributed by atoms with van der Waals surface area (Å²) >= 11 is 0. The fourth-order valence-electron chi connectivity index (χ4n) is 2.70. The molecule has 152 valence electrons. The van der Waals surface area contributed by atoms with Gasteiger partial charge in [-0.15, -0.1) is 4.36 Å². The van der Waals surface area contributed by atoms with Crippen LogP contribution in [0.2, 0.25) is 0 Å². The highest BCUT2D eigenvalue weighted by atomic mass is 32.2. The van der Waals surface area contributed by atoms with E-state index in [9.17, 15) is 17.4 Å². The van der Waals surface area contributed by atoms with Crippen molar-refractivity contribution in [3.63, 3.8) is 0 Å². The summed E-state index contributed by atoms with van der Waals surface area (Å²) in [5, 5.41) is 0. The minimum atomic E-state index is -4.94. The van der Waals surface area contributed by atoms with Gasteiger partial charge in [0.15, 0.2) is 9.73 Å². The standard InChI is InChI=1S/C21H30F3NOS/c1-2-3-4-5-6-7-8-9-10-11-12-16-19-25-27(26,21(22,23)24)20-17-14-13-15-18-20/h13-15,17-18H,2-12H2,1H3. The van der Waals surface area contributed by atoms with Gasteiger partial charge in [0.1, 0.15) is 0 Å². The first-order valence-corrected chi connectivity index (χ1v) is 11.3. The Morgan fingerprint density at radius 1 is 0.889 bits per heavy atom. The van der Waals surface area contributed by atoms with Crippen LogP contribution in [-0.2, 0) is 9.73 Å².